The first kappa shape index (κ1) is 39.6. The van der Waals surface area contributed by atoms with Crippen LogP contribution in [0.2, 0.25) is 18.1 Å². The van der Waals surface area contributed by atoms with Crippen LogP contribution in [0.5, 0.6) is 0 Å². The summed E-state index contributed by atoms with van der Waals surface area (Å²) in [6, 6.07) is 9.36. The van der Waals surface area contributed by atoms with E-state index in [2.05, 4.69) is 60.4 Å². The minimum absolute atomic E-state index is 0.0414. The third kappa shape index (κ3) is 18.2. The topological polar surface area (TPSA) is 164 Å². The molecule has 13 heteroatoms. The van der Waals surface area contributed by atoms with Crippen LogP contribution in [-0.2, 0) is 34.9 Å². The highest BCUT2D eigenvalue weighted by atomic mass is 28.4. The van der Waals surface area contributed by atoms with Crippen molar-refractivity contribution in [2.45, 2.75) is 103 Å². The van der Waals surface area contributed by atoms with Gasteiger partial charge in [0.1, 0.15) is 12.7 Å². The second-order valence-corrected chi connectivity index (χ2v) is 17.2. The van der Waals surface area contributed by atoms with Crippen molar-refractivity contribution in [2.24, 2.45) is 0 Å². The Labute approximate surface area is 269 Å². The molecule has 0 radical (unpaired) electrons. The van der Waals surface area contributed by atoms with Crippen molar-refractivity contribution in [3.05, 3.63) is 35.9 Å². The number of hydrogen-bond acceptors (Lipinski definition) is 7. The van der Waals surface area contributed by atoms with Crippen LogP contribution in [-0.4, -0.2) is 76.9 Å². The molecule has 5 N–H and O–H groups in total. The predicted octanol–water partition coefficient (Wildman–Crippen LogP) is 3.52. The van der Waals surface area contributed by atoms with Crippen molar-refractivity contribution >= 4 is 38.0 Å². The van der Waals surface area contributed by atoms with E-state index in [-0.39, 0.29) is 54.5 Å². The normalized spacial score (nSPS) is 12.0. The van der Waals surface area contributed by atoms with Gasteiger partial charge in [-0.2, -0.15) is 0 Å². The molecule has 1 rings (SSSR count). The first-order valence-electron chi connectivity index (χ1n) is 15.9. The maximum atomic E-state index is 12.5. The predicted molar refractivity (Wildman–Crippen MR) is 177 cm³/mol. The highest BCUT2D eigenvalue weighted by Gasteiger charge is 2.40. The van der Waals surface area contributed by atoms with Crippen molar-refractivity contribution in [1.29, 1.82) is 0 Å². The van der Waals surface area contributed by atoms with Crippen molar-refractivity contribution in [3.63, 3.8) is 0 Å². The third-order valence-corrected chi connectivity index (χ3v) is 12.0. The van der Waals surface area contributed by atoms with Gasteiger partial charge in [0.15, 0.2) is 8.32 Å². The van der Waals surface area contributed by atoms with Gasteiger partial charge < -0.3 is 35.7 Å². The highest BCUT2D eigenvalue weighted by Crippen LogP contribution is 2.37. The summed E-state index contributed by atoms with van der Waals surface area (Å²) in [4.78, 5) is 60.6. The van der Waals surface area contributed by atoms with Gasteiger partial charge in [0.2, 0.25) is 23.6 Å². The van der Waals surface area contributed by atoms with Gasteiger partial charge in [0.25, 0.3) is 0 Å². The fourth-order valence-corrected chi connectivity index (χ4v) is 5.13. The fraction of sp³-hybridized carbons (Fsp3) is 0.656. The van der Waals surface area contributed by atoms with Gasteiger partial charge in [0, 0.05) is 52.0 Å². The molecule has 1 unspecified atom stereocenters. The Kier molecular flexibility index (Phi) is 18.7. The molecule has 0 fully saturated rings. The zero-order valence-corrected chi connectivity index (χ0v) is 29.0. The summed E-state index contributed by atoms with van der Waals surface area (Å²) < 4.78 is 11.4. The molecule has 0 saturated carbocycles. The van der Waals surface area contributed by atoms with E-state index >= 15 is 0 Å². The van der Waals surface area contributed by atoms with Crippen molar-refractivity contribution in [2.75, 3.05) is 32.7 Å². The first-order valence-corrected chi connectivity index (χ1v) is 18.9. The summed E-state index contributed by atoms with van der Waals surface area (Å²) in [6.45, 7) is 14.5. The van der Waals surface area contributed by atoms with Crippen molar-refractivity contribution in [1.82, 2.24) is 26.6 Å². The van der Waals surface area contributed by atoms with E-state index in [1.165, 1.54) is 0 Å². The second-order valence-electron chi connectivity index (χ2n) is 12.4. The molecule has 0 saturated heterocycles. The lowest BCUT2D eigenvalue weighted by molar-refractivity contribution is -0.129. The molecule has 0 aliphatic carbocycles. The van der Waals surface area contributed by atoms with Gasteiger partial charge in [0.05, 0.1) is 0 Å². The number of nitrogens with one attached hydrogen (secondary N) is 5. The summed E-state index contributed by atoms with van der Waals surface area (Å²) in [5.41, 5.74) is 0.896. The van der Waals surface area contributed by atoms with E-state index in [0.29, 0.717) is 58.4 Å². The summed E-state index contributed by atoms with van der Waals surface area (Å²) in [5.74, 6) is -0.599. The van der Waals surface area contributed by atoms with Gasteiger partial charge in [-0.15, -0.1) is 0 Å². The van der Waals surface area contributed by atoms with Crippen LogP contribution in [0, 0.1) is 0 Å². The van der Waals surface area contributed by atoms with Gasteiger partial charge in [-0.1, -0.05) is 51.1 Å². The molecule has 1 aromatic rings. The monoisotopic (exact) mass is 649 g/mol. The number of amides is 5. The van der Waals surface area contributed by atoms with Crippen LogP contribution in [0.4, 0.5) is 4.79 Å². The number of rotatable bonds is 21. The van der Waals surface area contributed by atoms with E-state index < -0.39 is 20.5 Å². The lowest BCUT2D eigenvalue weighted by Gasteiger charge is -2.38. The van der Waals surface area contributed by atoms with E-state index in [4.69, 9.17) is 9.16 Å². The minimum atomic E-state index is -2.16. The number of alkyl carbamates (subject to hydrolysis) is 1. The maximum Gasteiger partial charge on any atom is 0.407 e. The van der Waals surface area contributed by atoms with Crippen LogP contribution in [0.25, 0.3) is 0 Å². The third-order valence-electron chi connectivity index (χ3n) is 7.48. The summed E-state index contributed by atoms with van der Waals surface area (Å²) >= 11 is 0. The largest absolute Gasteiger partial charge is 0.445 e. The van der Waals surface area contributed by atoms with Gasteiger partial charge in [-0.05, 0) is 56.3 Å². The van der Waals surface area contributed by atoms with Gasteiger partial charge >= 0.3 is 6.09 Å². The van der Waals surface area contributed by atoms with Gasteiger partial charge in [-0.25, -0.2) is 4.79 Å². The highest BCUT2D eigenvalue weighted by molar-refractivity contribution is 6.74. The Morgan fingerprint density at radius 1 is 0.733 bits per heavy atom. The molecule has 0 bridgehead atoms. The van der Waals surface area contributed by atoms with Crippen LogP contribution in [0.3, 0.4) is 0 Å². The molecule has 0 spiro atoms. The standard InChI is InChI=1S/C32H55N5O7Si/c1-7-33-30(41)26(44-45(5,6)32(2,3)4)19-23-36-29(40)17-12-21-34-27(38)16-11-20-35-28(39)18-13-22-37-31(42)43-24-25-14-9-8-10-15-25/h8-10,14-15,26H,7,11-13,16-24H2,1-6H3,(H,33,41)(H,34,38)(H,35,39)(H,36,40)(H,37,42). The Hall–Kier alpha value is -3.45. The number of likely N-dealkylation sites (N-methyl/N-ethyl adjacent to an activating group) is 1. The smallest absolute Gasteiger partial charge is 0.407 e. The molecule has 12 nitrogen and oxygen atoms in total. The Bertz CT molecular complexity index is 1060. The van der Waals surface area contributed by atoms with Crippen LogP contribution >= 0.6 is 0 Å². The number of ether oxygens (including phenoxy) is 1. The average Bonchev–Trinajstić information content (AvgIpc) is 2.98. The second kappa shape index (κ2) is 21.3. The number of carbonyl (C=O) groups is 5. The molecule has 254 valence electrons. The summed E-state index contributed by atoms with van der Waals surface area (Å²) in [7, 11) is -2.16. The Morgan fingerprint density at radius 2 is 1.22 bits per heavy atom. The van der Waals surface area contributed by atoms with E-state index in [1.54, 1.807) is 0 Å². The summed E-state index contributed by atoms with van der Waals surface area (Å²) in [6.07, 6.45) is 1.46. The number of carbonyl (C=O) groups excluding carboxylic acids is 5. The van der Waals surface area contributed by atoms with Gasteiger partial charge in [-0.3, -0.25) is 19.2 Å². The van der Waals surface area contributed by atoms with Crippen LogP contribution in [0.1, 0.15) is 78.2 Å². The summed E-state index contributed by atoms with van der Waals surface area (Å²) in [5, 5.41) is 13.8. The molecule has 1 atom stereocenters. The SMILES string of the molecule is CCNC(=O)C(CCNC(=O)CCCNC(=O)CCCNC(=O)CCCNC(=O)OCc1ccccc1)O[Si](C)(C)C(C)(C)C. The molecular formula is C32H55N5O7Si. The van der Waals surface area contributed by atoms with E-state index in [1.807, 2.05) is 37.3 Å². The quantitative estimate of drug-likeness (QED) is 0.100. The molecule has 1 aromatic carbocycles. The molecule has 5 amide bonds. The van der Waals surface area contributed by atoms with Crippen LogP contribution < -0.4 is 26.6 Å². The molecule has 45 heavy (non-hydrogen) atoms. The number of hydrogen-bond donors (Lipinski definition) is 5. The van der Waals surface area contributed by atoms with Crippen LogP contribution in [0.15, 0.2) is 30.3 Å². The Morgan fingerprint density at radius 3 is 1.71 bits per heavy atom. The molecule has 0 heterocycles. The maximum absolute atomic E-state index is 12.5. The number of benzene rings is 1. The zero-order chi connectivity index (χ0) is 33.7. The first-order chi connectivity index (χ1) is 21.2. The van der Waals surface area contributed by atoms with E-state index in [0.717, 1.165) is 5.56 Å². The molecule has 0 aliphatic rings. The molecular weight excluding hydrogens is 594 g/mol. The molecule has 0 aliphatic heterocycles. The lowest BCUT2D eigenvalue weighted by Crippen LogP contribution is -2.49. The van der Waals surface area contributed by atoms with Crippen molar-refractivity contribution < 1.29 is 33.1 Å². The van der Waals surface area contributed by atoms with E-state index in [9.17, 15) is 24.0 Å². The minimum Gasteiger partial charge on any atom is -0.445 e. The lowest BCUT2D eigenvalue weighted by atomic mass is 10.2. The average molecular weight is 650 g/mol. The zero-order valence-electron chi connectivity index (χ0n) is 28.0. The fourth-order valence-electron chi connectivity index (χ4n) is 3.84. The Balaban J connectivity index is 2.11. The van der Waals surface area contributed by atoms with Crippen molar-refractivity contribution in [3.8, 4) is 0 Å². The molecule has 0 aromatic heterocycles.